The maximum atomic E-state index is 12.0. The number of fused-ring (bicyclic) bond motifs is 9. The van der Waals surface area contributed by atoms with Crippen LogP contribution in [0.15, 0.2) is 11.6 Å². The summed E-state index contributed by atoms with van der Waals surface area (Å²) < 4.78 is 6.70. The number of ketones is 1. The van der Waals surface area contributed by atoms with Crippen LogP contribution in [0.3, 0.4) is 0 Å². The molecule has 142 valence electrons. The van der Waals surface area contributed by atoms with Crippen LogP contribution < -0.4 is 0 Å². The highest BCUT2D eigenvalue weighted by atomic mass is 16.5. The van der Waals surface area contributed by atoms with Crippen molar-refractivity contribution < 1.29 is 9.53 Å². The summed E-state index contributed by atoms with van der Waals surface area (Å²) in [7, 11) is 0. The fourth-order valence-corrected chi connectivity index (χ4v) is 9.50. The predicted octanol–water partition coefficient (Wildman–Crippen LogP) is 5.17. The zero-order chi connectivity index (χ0) is 17.7. The molecule has 0 amide bonds. The van der Waals surface area contributed by atoms with Crippen LogP contribution >= 0.6 is 0 Å². The zero-order valence-corrected chi connectivity index (χ0v) is 16.5. The van der Waals surface area contributed by atoms with E-state index in [-0.39, 0.29) is 5.60 Å². The minimum atomic E-state index is 0.250. The molecule has 0 bridgehead atoms. The lowest BCUT2D eigenvalue weighted by Crippen LogP contribution is -2.57. The minimum Gasteiger partial charge on any atom is -0.374 e. The average Bonchev–Trinajstić information content (AvgIpc) is 3.21. The Labute approximate surface area is 158 Å². The summed E-state index contributed by atoms with van der Waals surface area (Å²) in [4.78, 5) is 12.0. The Kier molecular flexibility index (Phi) is 3.30. The van der Waals surface area contributed by atoms with E-state index >= 15 is 0 Å². The lowest BCUT2D eigenvalue weighted by molar-refractivity contribution is -0.165. The van der Waals surface area contributed by atoms with Crippen molar-refractivity contribution in [1.29, 1.82) is 0 Å². The Morgan fingerprint density at radius 2 is 2.12 bits per heavy atom. The van der Waals surface area contributed by atoms with Crippen LogP contribution in [-0.2, 0) is 9.53 Å². The van der Waals surface area contributed by atoms with Gasteiger partial charge in [-0.25, -0.2) is 0 Å². The molecule has 5 fully saturated rings. The fourth-order valence-electron chi connectivity index (χ4n) is 9.50. The minimum absolute atomic E-state index is 0.250. The van der Waals surface area contributed by atoms with Crippen molar-refractivity contribution in [2.45, 2.75) is 77.2 Å². The highest BCUT2D eigenvalue weighted by Gasteiger charge is 2.78. The summed E-state index contributed by atoms with van der Waals surface area (Å²) in [5.41, 5.74) is 2.25. The molecular formula is C24H34O2. The summed E-state index contributed by atoms with van der Waals surface area (Å²) in [6, 6.07) is 0. The van der Waals surface area contributed by atoms with E-state index in [9.17, 15) is 4.79 Å². The number of carbonyl (C=O) groups excluding carboxylic acids is 1. The standard InChI is InChI=1S/C24H34O2/c1-3-23-9-7-18-17-6-5-16(25)12-15(17)11-14(2)21(18)22(23)19-13-20(19)24(23)8-4-10-26-24/h12,14,17-22H,3-11,13H2,1-2H3/t14?,17-,18?,19+,20-,21?,22?,23-,24-/m0/s1. The highest BCUT2D eigenvalue weighted by molar-refractivity contribution is 5.91. The van der Waals surface area contributed by atoms with Crippen molar-refractivity contribution >= 4 is 5.78 Å². The molecule has 2 heteroatoms. The molecule has 6 rings (SSSR count). The maximum Gasteiger partial charge on any atom is 0.155 e. The monoisotopic (exact) mass is 354 g/mol. The van der Waals surface area contributed by atoms with Gasteiger partial charge >= 0.3 is 0 Å². The molecule has 0 aromatic rings. The van der Waals surface area contributed by atoms with Gasteiger partial charge in [-0.05, 0) is 98.9 Å². The Balaban J connectivity index is 1.42. The first kappa shape index (κ1) is 16.3. The van der Waals surface area contributed by atoms with Crippen LogP contribution in [0.25, 0.3) is 0 Å². The Morgan fingerprint density at radius 1 is 1.23 bits per heavy atom. The van der Waals surface area contributed by atoms with Crippen molar-refractivity contribution in [3.63, 3.8) is 0 Å². The smallest absolute Gasteiger partial charge is 0.155 e. The molecule has 1 heterocycles. The van der Waals surface area contributed by atoms with Gasteiger partial charge in [0.05, 0.1) is 5.60 Å². The Hall–Kier alpha value is -0.630. The quantitative estimate of drug-likeness (QED) is 0.649. The molecule has 0 N–H and O–H groups in total. The van der Waals surface area contributed by atoms with Gasteiger partial charge < -0.3 is 4.74 Å². The summed E-state index contributed by atoms with van der Waals surface area (Å²) in [6.45, 7) is 6.00. The second-order valence-corrected chi connectivity index (χ2v) is 10.7. The van der Waals surface area contributed by atoms with Gasteiger partial charge in [-0.1, -0.05) is 19.4 Å². The molecule has 4 unspecified atom stereocenters. The first-order chi connectivity index (χ1) is 12.6. The molecule has 0 radical (unpaired) electrons. The maximum absolute atomic E-state index is 12.0. The topological polar surface area (TPSA) is 26.3 Å². The highest BCUT2D eigenvalue weighted by Crippen LogP contribution is 2.79. The summed E-state index contributed by atoms with van der Waals surface area (Å²) in [5, 5.41) is 0. The van der Waals surface area contributed by atoms with Crippen LogP contribution in [0.4, 0.5) is 0 Å². The second kappa shape index (κ2) is 5.25. The van der Waals surface area contributed by atoms with Crippen LogP contribution in [0.2, 0.25) is 0 Å². The van der Waals surface area contributed by atoms with Gasteiger partial charge in [-0.2, -0.15) is 0 Å². The van der Waals surface area contributed by atoms with Crippen molar-refractivity contribution in [2.24, 2.45) is 46.8 Å². The van der Waals surface area contributed by atoms with E-state index < -0.39 is 0 Å². The average molecular weight is 355 g/mol. The molecule has 0 aromatic carbocycles. The third-order valence-corrected chi connectivity index (χ3v) is 10.2. The predicted molar refractivity (Wildman–Crippen MR) is 102 cm³/mol. The molecule has 6 aliphatic rings. The van der Waals surface area contributed by atoms with Crippen molar-refractivity contribution in [1.82, 2.24) is 0 Å². The van der Waals surface area contributed by atoms with E-state index in [1.165, 1.54) is 50.5 Å². The van der Waals surface area contributed by atoms with Gasteiger partial charge in [0.25, 0.3) is 0 Å². The number of allylic oxidation sites excluding steroid dienone is 1. The van der Waals surface area contributed by atoms with Gasteiger partial charge in [0.15, 0.2) is 5.78 Å². The third-order valence-electron chi connectivity index (χ3n) is 10.2. The largest absolute Gasteiger partial charge is 0.374 e. The number of carbonyl (C=O) groups is 1. The molecule has 4 saturated carbocycles. The normalized spacial score (nSPS) is 57.2. The number of ether oxygens (including phenoxy) is 1. The van der Waals surface area contributed by atoms with E-state index in [0.29, 0.717) is 11.2 Å². The second-order valence-electron chi connectivity index (χ2n) is 10.7. The van der Waals surface area contributed by atoms with Gasteiger partial charge in [0.1, 0.15) is 0 Å². The molecule has 1 spiro atoms. The molecule has 1 saturated heterocycles. The lowest BCUT2D eigenvalue weighted by Gasteiger charge is -2.60. The Bertz CT molecular complexity index is 672. The zero-order valence-electron chi connectivity index (χ0n) is 16.5. The molecule has 0 aromatic heterocycles. The van der Waals surface area contributed by atoms with E-state index in [2.05, 4.69) is 19.9 Å². The van der Waals surface area contributed by atoms with Crippen molar-refractivity contribution in [2.75, 3.05) is 6.61 Å². The van der Waals surface area contributed by atoms with E-state index in [0.717, 1.165) is 60.9 Å². The van der Waals surface area contributed by atoms with Crippen LogP contribution in [-0.4, -0.2) is 18.0 Å². The molecule has 2 nitrogen and oxygen atoms in total. The van der Waals surface area contributed by atoms with E-state index in [1.54, 1.807) is 0 Å². The van der Waals surface area contributed by atoms with Gasteiger partial charge in [0.2, 0.25) is 0 Å². The van der Waals surface area contributed by atoms with Crippen LogP contribution in [0.5, 0.6) is 0 Å². The molecular weight excluding hydrogens is 320 g/mol. The number of hydrogen-bond donors (Lipinski definition) is 0. The first-order valence-electron chi connectivity index (χ1n) is 11.5. The molecule has 1 aliphatic heterocycles. The van der Waals surface area contributed by atoms with E-state index in [4.69, 9.17) is 4.74 Å². The van der Waals surface area contributed by atoms with Crippen LogP contribution in [0.1, 0.15) is 71.6 Å². The number of rotatable bonds is 1. The van der Waals surface area contributed by atoms with Gasteiger partial charge in [-0.3, -0.25) is 4.79 Å². The SMILES string of the molecule is CC[C@]12CCC3C(C(C)CC4=CC(=O)CC[C@@H]43)C1[C@@H]1C[C@@H]1[C@@]21CCCO1. The van der Waals surface area contributed by atoms with Gasteiger partial charge in [0, 0.05) is 18.4 Å². The summed E-state index contributed by atoms with van der Waals surface area (Å²) in [5.74, 6) is 6.35. The molecule has 9 atom stereocenters. The first-order valence-corrected chi connectivity index (χ1v) is 11.5. The molecule has 5 aliphatic carbocycles. The lowest BCUT2D eigenvalue weighted by atomic mass is 9.46. The Morgan fingerprint density at radius 3 is 2.88 bits per heavy atom. The molecule has 26 heavy (non-hydrogen) atoms. The third kappa shape index (κ3) is 1.77. The summed E-state index contributed by atoms with van der Waals surface area (Å²) >= 11 is 0. The van der Waals surface area contributed by atoms with Crippen LogP contribution in [0, 0.1) is 46.8 Å². The number of hydrogen-bond acceptors (Lipinski definition) is 2. The van der Waals surface area contributed by atoms with E-state index in [1.807, 2.05) is 0 Å². The van der Waals surface area contributed by atoms with Gasteiger partial charge in [-0.15, -0.1) is 0 Å². The van der Waals surface area contributed by atoms with Crippen molar-refractivity contribution in [3.05, 3.63) is 11.6 Å². The summed E-state index contributed by atoms with van der Waals surface area (Å²) in [6.07, 6.45) is 13.4. The van der Waals surface area contributed by atoms with Crippen molar-refractivity contribution in [3.8, 4) is 0 Å². The fraction of sp³-hybridized carbons (Fsp3) is 0.875.